The lowest BCUT2D eigenvalue weighted by molar-refractivity contribution is -0.132. The Kier molecular flexibility index (Phi) is 5.82. The molecule has 2 heterocycles. The van der Waals surface area contributed by atoms with Gasteiger partial charge in [-0.15, -0.1) is 11.3 Å². The van der Waals surface area contributed by atoms with E-state index in [1.54, 1.807) is 11.3 Å². The molecule has 6 heteroatoms. The summed E-state index contributed by atoms with van der Waals surface area (Å²) in [5, 5.41) is 5.39. The van der Waals surface area contributed by atoms with Gasteiger partial charge in [-0.25, -0.2) is 4.98 Å². The molecule has 0 unspecified atom stereocenters. The molecule has 5 nitrogen and oxygen atoms in total. The van der Waals surface area contributed by atoms with E-state index in [0.29, 0.717) is 6.42 Å². The summed E-state index contributed by atoms with van der Waals surface area (Å²) in [4.78, 5) is 21.0. The van der Waals surface area contributed by atoms with Gasteiger partial charge in [-0.05, 0) is 24.2 Å². The van der Waals surface area contributed by atoms with Gasteiger partial charge in [-0.2, -0.15) is 0 Å². The van der Waals surface area contributed by atoms with Crippen LogP contribution in [0.15, 0.2) is 35.2 Å². The zero-order valence-electron chi connectivity index (χ0n) is 14.1. The van der Waals surface area contributed by atoms with Crippen LogP contribution in [-0.4, -0.2) is 53.4 Å². The van der Waals surface area contributed by atoms with Crippen molar-refractivity contribution in [3.05, 3.63) is 46.4 Å². The lowest BCUT2D eigenvalue weighted by Gasteiger charge is -2.34. The van der Waals surface area contributed by atoms with E-state index in [9.17, 15) is 4.79 Å². The fourth-order valence-electron chi connectivity index (χ4n) is 2.86. The van der Waals surface area contributed by atoms with Crippen LogP contribution >= 0.6 is 11.3 Å². The number of thiazole rings is 1. The number of rotatable bonds is 6. The van der Waals surface area contributed by atoms with Gasteiger partial charge in [0.1, 0.15) is 0 Å². The van der Waals surface area contributed by atoms with Crippen LogP contribution in [0.4, 0.5) is 5.69 Å². The standard InChI is InChI=1S/C18H24N4OS/c1-2-21-7-9-22(10-8-21)18(23)11-15-3-5-16(6-4-15)19-12-17-13-24-14-20-17/h3-6,13-14,19H,2,7-12H2,1H3. The van der Waals surface area contributed by atoms with Crippen LogP contribution in [0.3, 0.4) is 0 Å². The third-order valence-electron chi connectivity index (χ3n) is 4.44. The number of carbonyl (C=O) groups is 1. The number of aromatic nitrogens is 1. The third kappa shape index (κ3) is 4.55. The van der Waals surface area contributed by atoms with Crippen LogP contribution in [0.2, 0.25) is 0 Å². The van der Waals surface area contributed by atoms with E-state index < -0.39 is 0 Å². The Morgan fingerprint density at radius 1 is 1.21 bits per heavy atom. The van der Waals surface area contributed by atoms with Gasteiger partial charge >= 0.3 is 0 Å². The number of nitrogens with zero attached hydrogens (tertiary/aromatic N) is 3. The smallest absolute Gasteiger partial charge is 0.227 e. The first kappa shape index (κ1) is 16.9. The number of anilines is 1. The molecule has 1 N–H and O–H groups in total. The molecule has 1 aromatic heterocycles. The van der Waals surface area contributed by atoms with Gasteiger partial charge in [-0.1, -0.05) is 19.1 Å². The first-order valence-corrected chi connectivity index (χ1v) is 9.39. The van der Waals surface area contributed by atoms with Gasteiger partial charge in [0.25, 0.3) is 0 Å². The predicted molar refractivity (Wildman–Crippen MR) is 98.3 cm³/mol. The third-order valence-corrected chi connectivity index (χ3v) is 5.07. The minimum absolute atomic E-state index is 0.230. The fraction of sp³-hybridized carbons (Fsp3) is 0.444. The van der Waals surface area contributed by atoms with Crippen LogP contribution in [0.25, 0.3) is 0 Å². The fourth-order valence-corrected chi connectivity index (χ4v) is 3.42. The lowest BCUT2D eigenvalue weighted by atomic mass is 10.1. The second kappa shape index (κ2) is 8.26. The molecule has 1 amide bonds. The molecule has 0 radical (unpaired) electrons. The second-order valence-corrected chi connectivity index (χ2v) is 6.74. The van der Waals surface area contributed by atoms with E-state index in [0.717, 1.165) is 56.2 Å². The first-order chi connectivity index (χ1) is 11.7. The number of benzene rings is 1. The van der Waals surface area contributed by atoms with Crippen LogP contribution in [-0.2, 0) is 17.8 Å². The maximum atomic E-state index is 12.4. The topological polar surface area (TPSA) is 48.5 Å². The van der Waals surface area contributed by atoms with E-state index in [4.69, 9.17) is 0 Å². The Labute approximate surface area is 147 Å². The van der Waals surface area contributed by atoms with E-state index in [1.807, 2.05) is 40.1 Å². The maximum Gasteiger partial charge on any atom is 0.227 e. The molecule has 1 aliphatic rings. The zero-order valence-corrected chi connectivity index (χ0v) is 14.9. The average molecular weight is 344 g/mol. The van der Waals surface area contributed by atoms with Crippen molar-refractivity contribution in [2.75, 3.05) is 38.0 Å². The molecule has 0 bridgehead atoms. The first-order valence-electron chi connectivity index (χ1n) is 8.44. The van der Waals surface area contributed by atoms with Gasteiger partial charge in [0, 0.05) is 37.2 Å². The quantitative estimate of drug-likeness (QED) is 0.874. The SMILES string of the molecule is CCN1CCN(C(=O)Cc2ccc(NCc3cscn3)cc2)CC1. The zero-order chi connectivity index (χ0) is 16.8. The van der Waals surface area contributed by atoms with Crippen molar-refractivity contribution in [1.29, 1.82) is 0 Å². The highest BCUT2D eigenvalue weighted by molar-refractivity contribution is 7.07. The molecule has 1 aliphatic heterocycles. The summed E-state index contributed by atoms with van der Waals surface area (Å²) in [7, 11) is 0. The molecule has 0 aliphatic carbocycles. The normalized spacial score (nSPS) is 15.5. The molecule has 0 atom stereocenters. The summed E-state index contributed by atoms with van der Waals surface area (Å²) in [5.74, 6) is 0.230. The van der Waals surface area contributed by atoms with Crippen LogP contribution in [0, 0.1) is 0 Å². The van der Waals surface area contributed by atoms with Crippen molar-refractivity contribution in [2.24, 2.45) is 0 Å². The highest BCUT2D eigenvalue weighted by Crippen LogP contribution is 2.13. The molecular weight excluding hydrogens is 320 g/mol. The van der Waals surface area contributed by atoms with Crippen molar-refractivity contribution >= 4 is 22.9 Å². The molecule has 3 rings (SSSR count). The van der Waals surface area contributed by atoms with E-state index in [-0.39, 0.29) is 5.91 Å². The monoisotopic (exact) mass is 344 g/mol. The highest BCUT2D eigenvalue weighted by Gasteiger charge is 2.19. The van der Waals surface area contributed by atoms with Crippen molar-refractivity contribution in [1.82, 2.24) is 14.8 Å². The van der Waals surface area contributed by atoms with Gasteiger partial charge in [-0.3, -0.25) is 4.79 Å². The van der Waals surface area contributed by atoms with Crippen LogP contribution in [0.1, 0.15) is 18.2 Å². The molecule has 1 fully saturated rings. The number of amides is 1. The molecule has 24 heavy (non-hydrogen) atoms. The summed E-state index contributed by atoms with van der Waals surface area (Å²) in [6.07, 6.45) is 0.485. The van der Waals surface area contributed by atoms with Crippen LogP contribution in [0.5, 0.6) is 0 Å². The number of nitrogens with one attached hydrogen (secondary N) is 1. The van der Waals surface area contributed by atoms with Crippen molar-refractivity contribution < 1.29 is 4.79 Å². The maximum absolute atomic E-state index is 12.4. The molecule has 0 spiro atoms. The second-order valence-electron chi connectivity index (χ2n) is 6.02. The number of piperazine rings is 1. The Hall–Kier alpha value is -1.92. The Morgan fingerprint density at radius 3 is 2.58 bits per heavy atom. The van der Waals surface area contributed by atoms with Gasteiger partial charge in [0.15, 0.2) is 0 Å². The molecule has 2 aromatic rings. The minimum atomic E-state index is 0.230. The van der Waals surface area contributed by atoms with E-state index in [1.165, 1.54) is 0 Å². The number of likely N-dealkylation sites (N-methyl/N-ethyl adjacent to an activating group) is 1. The van der Waals surface area contributed by atoms with Crippen molar-refractivity contribution in [3.63, 3.8) is 0 Å². The summed E-state index contributed by atoms with van der Waals surface area (Å²) in [6.45, 7) is 7.63. The molecule has 1 saturated heterocycles. The summed E-state index contributed by atoms with van der Waals surface area (Å²) >= 11 is 1.60. The Morgan fingerprint density at radius 2 is 1.96 bits per heavy atom. The highest BCUT2D eigenvalue weighted by atomic mass is 32.1. The minimum Gasteiger partial charge on any atom is -0.379 e. The number of hydrogen-bond donors (Lipinski definition) is 1. The molecular formula is C18H24N4OS. The average Bonchev–Trinajstić information content (AvgIpc) is 3.15. The predicted octanol–water partition coefficient (Wildman–Crippen LogP) is 2.46. The summed E-state index contributed by atoms with van der Waals surface area (Å²) in [6, 6.07) is 8.13. The van der Waals surface area contributed by atoms with Crippen molar-refractivity contribution in [2.45, 2.75) is 19.9 Å². The van der Waals surface area contributed by atoms with Gasteiger partial charge in [0.05, 0.1) is 24.2 Å². The van der Waals surface area contributed by atoms with E-state index in [2.05, 4.69) is 22.1 Å². The molecule has 1 aromatic carbocycles. The summed E-state index contributed by atoms with van der Waals surface area (Å²) in [5.41, 5.74) is 5.00. The Bertz CT molecular complexity index is 634. The largest absolute Gasteiger partial charge is 0.379 e. The number of hydrogen-bond acceptors (Lipinski definition) is 5. The summed E-state index contributed by atoms with van der Waals surface area (Å²) < 4.78 is 0. The number of carbonyl (C=O) groups excluding carboxylic acids is 1. The van der Waals surface area contributed by atoms with Crippen LogP contribution < -0.4 is 5.32 Å². The molecule has 0 saturated carbocycles. The van der Waals surface area contributed by atoms with Crippen molar-refractivity contribution in [3.8, 4) is 0 Å². The van der Waals surface area contributed by atoms with Gasteiger partial charge in [0.2, 0.25) is 5.91 Å². The Balaban J connectivity index is 1.48. The van der Waals surface area contributed by atoms with Gasteiger partial charge < -0.3 is 15.1 Å². The van der Waals surface area contributed by atoms with E-state index >= 15 is 0 Å². The lowest BCUT2D eigenvalue weighted by Crippen LogP contribution is -2.48. The molecule has 128 valence electrons.